The third-order valence-electron chi connectivity index (χ3n) is 4.13. The molecule has 1 atom stereocenters. The van der Waals surface area contributed by atoms with E-state index in [1.807, 2.05) is 0 Å². The van der Waals surface area contributed by atoms with Crippen LogP contribution < -0.4 is 5.32 Å². The second-order valence-corrected chi connectivity index (χ2v) is 6.01. The summed E-state index contributed by atoms with van der Waals surface area (Å²) in [5.41, 5.74) is 0. The Morgan fingerprint density at radius 3 is 2.39 bits per heavy atom. The molecule has 0 radical (unpaired) electrons. The largest absolute Gasteiger partial charge is 0.342 e. The monoisotopic (exact) mass is 254 g/mol. The molecule has 0 aromatic carbocycles. The van der Waals surface area contributed by atoms with Crippen LogP contribution in [0.15, 0.2) is 0 Å². The Labute approximate surface area is 112 Å². The predicted octanol–water partition coefficient (Wildman–Crippen LogP) is 2.52. The van der Waals surface area contributed by atoms with Crippen molar-refractivity contribution in [3.05, 3.63) is 0 Å². The van der Waals surface area contributed by atoms with Gasteiger partial charge < -0.3 is 10.2 Å². The van der Waals surface area contributed by atoms with E-state index < -0.39 is 0 Å². The van der Waals surface area contributed by atoms with Gasteiger partial charge in [-0.1, -0.05) is 27.7 Å². The smallest absolute Gasteiger partial charge is 0.225 e. The van der Waals surface area contributed by atoms with Gasteiger partial charge in [-0.3, -0.25) is 4.79 Å². The predicted molar refractivity (Wildman–Crippen MR) is 76.5 cm³/mol. The maximum atomic E-state index is 12.5. The van der Waals surface area contributed by atoms with Gasteiger partial charge in [0.15, 0.2) is 0 Å². The molecule has 0 bridgehead atoms. The number of hydrogen-bond acceptors (Lipinski definition) is 2. The third kappa shape index (κ3) is 4.60. The van der Waals surface area contributed by atoms with Gasteiger partial charge in [-0.05, 0) is 44.2 Å². The number of amides is 1. The number of nitrogens with zero attached hydrogens (tertiary/aromatic N) is 1. The van der Waals surface area contributed by atoms with Gasteiger partial charge in [0.05, 0.1) is 0 Å². The van der Waals surface area contributed by atoms with Gasteiger partial charge >= 0.3 is 0 Å². The Bertz CT molecular complexity index is 247. The Hall–Kier alpha value is -0.570. The Balaban J connectivity index is 2.54. The van der Waals surface area contributed by atoms with Crippen molar-refractivity contribution in [2.45, 2.75) is 47.0 Å². The fourth-order valence-corrected chi connectivity index (χ4v) is 2.51. The number of carbonyl (C=O) groups excluding carboxylic acids is 1. The van der Waals surface area contributed by atoms with E-state index in [1.54, 1.807) is 0 Å². The molecule has 1 aliphatic rings. The molecule has 1 amide bonds. The molecule has 0 aromatic rings. The lowest BCUT2D eigenvalue weighted by atomic mass is 9.94. The average Bonchev–Trinajstić information content (AvgIpc) is 2.37. The lowest BCUT2D eigenvalue weighted by Crippen LogP contribution is -2.42. The van der Waals surface area contributed by atoms with Gasteiger partial charge in [0.1, 0.15) is 0 Å². The summed E-state index contributed by atoms with van der Waals surface area (Å²) < 4.78 is 0. The first-order valence-electron chi connectivity index (χ1n) is 7.55. The zero-order chi connectivity index (χ0) is 13.5. The van der Waals surface area contributed by atoms with Crippen LogP contribution >= 0.6 is 0 Å². The molecular weight excluding hydrogens is 224 g/mol. The number of rotatable bonds is 6. The van der Waals surface area contributed by atoms with Crippen molar-refractivity contribution >= 4 is 5.91 Å². The highest BCUT2D eigenvalue weighted by molar-refractivity contribution is 5.78. The molecule has 0 aliphatic carbocycles. The number of hydrogen-bond donors (Lipinski definition) is 1. The van der Waals surface area contributed by atoms with E-state index in [-0.39, 0.29) is 5.92 Å². The van der Waals surface area contributed by atoms with Crippen LogP contribution in [0.1, 0.15) is 47.0 Å². The third-order valence-corrected chi connectivity index (χ3v) is 4.13. The molecule has 1 saturated heterocycles. The number of nitrogens with one attached hydrogen (secondary N) is 1. The molecule has 18 heavy (non-hydrogen) atoms. The van der Waals surface area contributed by atoms with E-state index in [0.29, 0.717) is 17.7 Å². The minimum atomic E-state index is 0.151. The fourth-order valence-electron chi connectivity index (χ4n) is 2.51. The van der Waals surface area contributed by atoms with Crippen LogP contribution in [0.5, 0.6) is 0 Å². The second kappa shape index (κ2) is 7.78. The molecule has 1 aliphatic heterocycles. The highest BCUT2D eigenvalue weighted by Crippen LogP contribution is 2.18. The topological polar surface area (TPSA) is 32.3 Å². The van der Waals surface area contributed by atoms with Crippen molar-refractivity contribution in [1.29, 1.82) is 0 Å². The first-order chi connectivity index (χ1) is 8.56. The summed E-state index contributed by atoms with van der Waals surface area (Å²) in [5.74, 6) is 1.63. The van der Waals surface area contributed by atoms with E-state index in [4.69, 9.17) is 0 Å². The van der Waals surface area contributed by atoms with Crippen molar-refractivity contribution in [3.63, 3.8) is 0 Å². The van der Waals surface area contributed by atoms with Crippen molar-refractivity contribution in [2.24, 2.45) is 17.8 Å². The van der Waals surface area contributed by atoms with E-state index in [2.05, 4.69) is 37.9 Å². The van der Waals surface area contributed by atoms with Gasteiger partial charge in [0, 0.05) is 19.0 Å². The molecule has 1 unspecified atom stereocenters. The van der Waals surface area contributed by atoms with Crippen LogP contribution in [0.25, 0.3) is 0 Å². The molecule has 1 fully saturated rings. The quantitative estimate of drug-likeness (QED) is 0.790. The van der Waals surface area contributed by atoms with E-state index >= 15 is 0 Å². The summed E-state index contributed by atoms with van der Waals surface area (Å²) in [6.45, 7) is 12.6. The van der Waals surface area contributed by atoms with Crippen LogP contribution in [0.2, 0.25) is 0 Å². The van der Waals surface area contributed by atoms with Crippen molar-refractivity contribution in [2.75, 3.05) is 26.2 Å². The summed E-state index contributed by atoms with van der Waals surface area (Å²) in [5, 5.41) is 3.39. The molecule has 1 rings (SSSR count). The molecule has 0 saturated carbocycles. The lowest BCUT2D eigenvalue weighted by molar-refractivity contribution is -0.137. The molecular formula is C15H30N2O. The maximum Gasteiger partial charge on any atom is 0.225 e. The molecule has 106 valence electrons. The first-order valence-corrected chi connectivity index (χ1v) is 7.55. The van der Waals surface area contributed by atoms with E-state index in [9.17, 15) is 4.79 Å². The molecule has 0 aromatic heterocycles. The van der Waals surface area contributed by atoms with Crippen molar-refractivity contribution < 1.29 is 4.79 Å². The first kappa shape index (κ1) is 15.5. The van der Waals surface area contributed by atoms with Gasteiger partial charge in [-0.25, -0.2) is 0 Å². The molecule has 1 N–H and O–H groups in total. The lowest BCUT2D eigenvalue weighted by Gasteiger charge is -2.32. The minimum absolute atomic E-state index is 0.151. The van der Waals surface area contributed by atoms with Crippen LogP contribution in [0.4, 0.5) is 0 Å². The standard InChI is InChI=1S/C15H30N2O/c1-5-10-17(15(18)13(4)12(2)3)11-14-6-8-16-9-7-14/h12-14,16H,5-11H2,1-4H3. The second-order valence-electron chi connectivity index (χ2n) is 6.01. The molecule has 1 heterocycles. The summed E-state index contributed by atoms with van der Waals surface area (Å²) in [4.78, 5) is 14.6. The van der Waals surface area contributed by atoms with Crippen LogP contribution in [-0.4, -0.2) is 37.0 Å². The molecule has 0 spiro atoms. The zero-order valence-electron chi connectivity index (χ0n) is 12.5. The SMILES string of the molecule is CCCN(CC1CCNCC1)C(=O)C(C)C(C)C. The molecule has 3 heteroatoms. The summed E-state index contributed by atoms with van der Waals surface area (Å²) >= 11 is 0. The number of piperidine rings is 1. The Morgan fingerprint density at radius 1 is 1.28 bits per heavy atom. The van der Waals surface area contributed by atoms with Gasteiger partial charge in [0.2, 0.25) is 5.91 Å². The normalized spacial score (nSPS) is 18.9. The fraction of sp³-hybridized carbons (Fsp3) is 0.933. The summed E-state index contributed by atoms with van der Waals surface area (Å²) in [6.07, 6.45) is 3.48. The Kier molecular flexibility index (Phi) is 6.69. The van der Waals surface area contributed by atoms with Gasteiger partial charge in [-0.15, -0.1) is 0 Å². The highest BCUT2D eigenvalue weighted by atomic mass is 16.2. The maximum absolute atomic E-state index is 12.5. The van der Waals surface area contributed by atoms with Gasteiger partial charge in [-0.2, -0.15) is 0 Å². The Morgan fingerprint density at radius 2 is 1.89 bits per heavy atom. The number of carbonyl (C=O) groups is 1. The average molecular weight is 254 g/mol. The summed E-state index contributed by atoms with van der Waals surface area (Å²) in [7, 11) is 0. The minimum Gasteiger partial charge on any atom is -0.342 e. The van der Waals surface area contributed by atoms with Crippen LogP contribution in [0, 0.1) is 17.8 Å². The highest BCUT2D eigenvalue weighted by Gasteiger charge is 2.25. The van der Waals surface area contributed by atoms with Crippen molar-refractivity contribution in [3.8, 4) is 0 Å². The van der Waals surface area contributed by atoms with Crippen molar-refractivity contribution in [1.82, 2.24) is 10.2 Å². The van der Waals surface area contributed by atoms with Crippen LogP contribution in [-0.2, 0) is 4.79 Å². The van der Waals surface area contributed by atoms with E-state index in [0.717, 1.165) is 32.6 Å². The zero-order valence-corrected chi connectivity index (χ0v) is 12.5. The van der Waals surface area contributed by atoms with Crippen LogP contribution in [0.3, 0.4) is 0 Å². The summed E-state index contributed by atoms with van der Waals surface area (Å²) in [6, 6.07) is 0. The van der Waals surface area contributed by atoms with E-state index in [1.165, 1.54) is 12.8 Å². The molecule has 3 nitrogen and oxygen atoms in total. The van der Waals surface area contributed by atoms with Gasteiger partial charge in [0.25, 0.3) is 0 Å².